The summed E-state index contributed by atoms with van der Waals surface area (Å²) in [5.74, 6) is -0.731. The number of aryl methyl sites for hydroxylation is 1. The van der Waals surface area contributed by atoms with Crippen LogP contribution in [-0.2, 0) is 6.42 Å². The highest BCUT2D eigenvalue weighted by atomic mass is 16.4. The second kappa shape index (κ2) is 5.07. The zero-order valence-corrected chi connectivity index (χ0v) is 11.4. The maximum absolute atomic E-state index is 11.3. The molecule has 0 spiro atoms. The lowest BCUT2D eigenvalue weighted by atomic mass is 9.82. The molecule has 0 aliphatic heterocycles. The summed E-state index contributed by atoms with van der Waals surface area (Å²) in [6.07, 6.45) is 4.15. The molecular weight excluding hydrogens is 254 g/mol. The van der Waals surface area contributed by atoms with Crippen LogP contribution in [0.25, 0.3) is 5.69 Å². The van der Waals surface area contributed by atoms with Crippen LogP contribution in [0.15, 0.2) is 24.3 Å². The van der Waals surface area contributed by atoms with E-state index in [0.717, 1.165) is 37.1 Å². The molecule has 1 heterocycles. The van der Waals surface area contributed by atoms with Crippen molar-refractivity contribution >= 4 is 5.97 Å². The number of benzene rings is 1. The highest BCUT2D eigenvalue weighted by Crippen LogP contribution is 2.38. The molecule has 0 atom stereocenters. The summed E-state index contributed by atoms with van der Waals surface area (Å²) in [5.41, 5.74) is 2.96. The topological polar surface area (TPSA) is 68.0 Å². The number of aromatic nitrogens is 3. The Kier molecular flexibility index (Phi) is 3.26. The zero-order valence-electron chi connectivity index (χ0n) is 11.4. The first-order valence-corrected chi connectivity index (χ1v) is 6.99. The minimum absolute atomic E-state index is 0.0919. The van der Waals surface area contributed by atoms with Gasteiger partial charge in [0.15, 0.2) is 5.69 Å². The third-order valence-corrected chi connectivity index (χ3v) is 3.99. The normalized spacial score (nSPS) is 15.1. The van der Waals surface area contributed by atoms with Gasteiger partial charge in [-0.25, -0.2) is 9.48 Å². The second-order valence-corrected chi connectivity index (χ2v) is 5.19. The maximum atomic E-state index is 11.3. The molecule has 1 N–H and O–H groups in total. The van der Waals surface area contributed by atoms with E-state index in [2.05, 4.69) is 17.2 Å². The number of rotatable bonds is 4. The fraction of sp³-hybridized carbons (Fsp3) is 0.400. The lowest BCUT2D eigenvalue weighted by molar-refractivity contribution is 0.0687. The second-order valence-electron chi connectivity index (χ2n) is 5.19. The van der Waals surface area contributed by atoms with Gasteiger partial charge in [0.1, 0.15) is 0 Å². The summed E-state index contributed by atoms with van der Waals surface area (Å²) < 4.78 is 1.69. The first-order valence-electron chi connectivity index (χ1n) is 6.99. The van der Waals surface area contributed by atoms with Crippen molar-refractivity contribution in [3.05, 3.63) is 41.2 Å². The first-order chi connectivity index (χ1) is 9.70. The highest BCUT2D eigenvalue weighted by molar-refractivity contribution is 5.86. The Balaban J connectivity index is 2.05. The minimum atomic E-state index is -0.997. The number of carboxylic acids is 1. The zero-order chi connectivity index (χ0) is 14.1. The van der Waals surface area contributed by atoms with Crippen LogP contribution in [0.3, 0.4) is 0 Å². The van der Waals surface area contributed by atoms with Gasteiger partial charge in [-0.3, -0.25) is 0 Å². The van der Waals surface area contributed by atoms with Crippen LogP contribution in [0.1, 0.15) is 53.8 Å². The van der Waals surface area contributed by atoms with Crippen molar-refractivity contribution in [3.8, 4) is 5.69 Å². The molecule has 5 heteroatoms. The molecule has 1 aromatic heterocycles. The highest BCUT2D eigenvalue weighted by Gasteiger charge is 2.30. The van der Waals surface area contributed by atoms with E-state index in [9.17, 15) is 9.90 Å². The standard InChI is InChI=1S/C15H17N3O2/c1-2-10-6-8-12(9-7-10)18-14(11-4-3-5-11)13(15(19)20)16-17-18/h6-9,11H,2-5H2,1H3,(H,19,20). The number of carboxylic acid groups (broad SMARTS) is 1. The molecule has 20 heavy (non-hydrogen) atoms. The monoisotopic (exact) mass is 271 g/mol. The average molecular weight is 271 g/mol. The van der Waals surface area contributed by atoms with Crippen LogP contribution in [0.5, 0.6) is 0 Å². The van der Waals surface area contributed by atoms with E-state index in [0.29, 0.717) is 0 Å². The molecule has 1 fully saturated rings. The molecule has 0 saturated heterocycles. The number of nitrogens with zero attached hydrogens (tertiary/aromatic N) is 3. The van der Waals surface area contributed by atoms with Crippen LogP contribution in [-0.4, -0.2) is 26.1 Å². The molecule has 0 radical (unpaired) electrons. The average Bonchev–Trinajstić information content (AvgIpc) is 2.81. The van der Waals surface area contributed by atoms with Gasteiger partial charge in [0, 0.05) is 5.92 Å². The van der Waals surface area contributed by atoms with E-state index in [4.69, 9.17) is 0 Å². The summed E-state index contributed by atoms with van der Waals surface area (Å²) in [5, 5.41) is 17.2. The lowest BCUT2D eigenvalue weighted by Gasteiger charge is -2.26. The van der Waals surface area contributed by atoms with Gasteiger partial charge < -0.3 is 5.11 Å². The minimum Gasteiger partial charge on any atom is -0.476 e. The van der Waals surface area contributed by atoms with Crippen molar-refractivity contribution in [2.45, 2.75) is 38.5 Å². The van der Waals surface area contributed by atoms with Gasteiger partial charge in [-0.05, 0) is 37.0 Å². The van der Waals surface area contributed by atoms with Crippen molar-refractivity contribution < 1.29 is 9.90 Å². The van der Waals surface area contributed by atoms with Gasteiger partial charge in [0.2, 0.25) is 0 Å². The van der Waals surface area contributed by atoms with Crippen LogP contribution in [0.4, 0.5) is 0 Å². The van der Waals surface area contributed by atoms with Crippen LogP contribution >= 0.6 is 0 Å². The van der Waals surface area contributed by atoms with E-state index >= 15 is 0 Å². The van der Waals surface area contributed by atoms with Gasteiger partial charge in [-0.15, -0.1) is 5.10 Å². The van der Waals surface area contributed by atoms with E-state index < -0.39 is 5.97 Å². The van der Waals surface area contributed by atoms with Gasteiger partial charge in [-0.1, -0.05) is 30.7 Å². The van der Waals surface area contributed by atoms with Gasteiger partial charge in [0.25, 0.3) is 0 Å². The Morgan fingerprint density at radius 3 is 2.55 bits per heavy atom. The van der Waals surface area contributed by atoms with Gasteiger partial charge in [0.05, 0.1) is 11.4 Å². The third kappa shape index (κ3) is 2.09. The number of aromatic carboxylic acids is 1. The lowest BCUT2D eigenvalue weighted by Crippen LogP contribution is -2.17. The fourth-order valence-corrected chi connectivity index (χ4v) is 2.55. The fourth-order valence-electron chi connectivity index (χ4n) is 2.55. The number of carbonyl (C=O) groups is 1. The van der Waals surface area contributed by atoms with E-state index in [1.807, 2.05) is 24.3 Å². The predicted molar refractivity (Wildman–Crippen MR) is 74.3 cm³/mol. The Morgan fingerprint density at radius 2 is 2.05 bits per heavy atom. The van der Waals surface area contributed by atoms with Gasteiger partial charge in [-0.2, -0.15) is 0 Å². The molecule has 3 rings (SSSR count). The Bertz CT molecular complexity index is 627. The van der Waals surface area contributed by atoms with Crippen molar-refractivity contribution in [2.24, 2.45) is 0 Å². The molecule has 5 nitrogen and oxygen atoms in total. The van der Waals surface area contributed by atoms with Crippen molar-refractivity contribution in [2.75, 3.05) is 0 Å². The third-order valence-electron chi connectivity index (χ3n) is 3.99. The number of hydrogen-bond acceptors (Lipinski definition) is 3. The molecule has 1 saturated carbocycles. The van der Waals surface area contributed by atoms with Crippen molar-refractivity contribution in [3.63, 3.8) is 0 Å². The predicted octanol–water partition coefficient (Wildman–Crippen LogP) is 2.80. The molecule has 2 aromatic rings. The molecule has 1 aliphatic carbocycles. The molecule has 0 unspecified atom stereocenters. The molecule has 104 valence electrons. The molecular formula is C15H17N3O2. The summed E-state index contributed by atoms with van der Waals surface area (Å²) in [7, 11) is 0. The SMILES string of the molecule is CCc1ccc(-n2nnc(C(=O)O)c2C2CCC2)cc1. The van der Waals surface area contributed by atoms with Crippen LogP contribution in [0.2, 0.25) is 0 Å². The molecule has 1 aliphatic rings. The van der Waals surface area contributed by atoms with Crippen LogP contribution in [0, 0.1) is 0 Å². The smallest absolute Gasteiger partial charge is 0.358 e. The first kappa shape index (κ1) is 12.8. The van der Waals surface area contributed by atoms with Gasteiger partial charge >= 0.3 is 5.97 Å². The van der Waals surface area contributed by atoms with E-state index in [1.165, 1.54) is 5.56 Å². The summed E-state index contributed by atoms with van der Waals surface area (Å²) in [4.78, 5) is 11.3. The molecule has 1 aromatic carbocycles. The van der Waals surface area contributed by atoms with E-state index in [1.54, 1.807) is 4.68 Å². The summed E-state index contributed by atoms with van der Waals surface area (Å²) >= 11 is 0. The maximum Gasteiger partial charge on any atom is 0.358 e. The largest absolute Gasteiger partial charge is 0.476 e. The Hall–Kier alpha value is -2.17. The quantitative estimate of drug-likeness (QED) is 0.928. The van der Waals surface area contributed by atoms with E-state index in [-0.39, 0.29) is 11.6 Å². The number of hydrogen-bond donors (Lipinski definition) is 1. The van der Waals surface area contributed by atoms with Crippen LogP contribution < -0.4 is 0 Å². The summed E-state index contributed by atoms with van der Waals surface area (Å²) in [6, 6.07) is 8.03. The Morgan fingerprint density at radius 1 is 1.35 bits per heavy atom. The van der Waals surface area contributed by atoms with Crippen molar-refractivity contribution in [1.82, 2.24) is 15.0 Å². The summed E-state index contributed by atoms with van der Waals surface area (Å²) in [6.45, 7) is 2.10. The van der Waals surface area contributed by atoms with Crippen molar-refractivity contribution in [1.29, 1.82) is 0 Å². The molecule has 0 amide bonds. The Labute approximate surface area is 117 Å². The molecule has 0 bridgehead atoms.